The third-order valence-electron chi connectivity index (χ3n) is 3.22. The second-order valence-corrected chi connectivity index (χ2v) is 4.82. The SMILES string of the molecule is Cc1cnccc1CNC(=O)[C@H](N)Cc1ccccc1. The molecule has 1 aromatic carbocycles. The van der Waals surface area contributed by atoms with Crippen molar-refractivity contribution in [1.82, 2.24) is 10.3 Å². The molecule has 0 radical (unpaired) electrons. The fourth-order valence-corrected chi connectivity index (χ4v) is 1.97. The van der Waals surface area contributed by atoms with Crippen molar-refractivity contribution in [1.29, 1.82) is 0 Å². The predicted molar refractivity (Wildman–Crippen MR) is 78.9 cm³/mol. The molecule has 3 N–H and O–H groups in total. The van der Waals surface area contributed by atoms with E-state index in [0.717, 1.165) is 16.7 Å². The summed E-state index contributed by atoms with van der Waals surface area (Å²) in [6, 6.07) is 11.2. The molecular formula is C16H19N3O. The first-order chi connectivity index (χ1) is 9.66. The van der Waals surface area contributed by atoms with Gasteiger partial charge in [-0.25, -0.2) is 0 Å². The van der Waals surface area contributed by atoms with E-state index in [1.54, 1.807) is 12.4 Å². The summed E-state index contributed by atoms with van der Waals surface area (Å²) in [6.07, 6.45) is 4.05. The number of nitrogens with zero attached hydrogens (tertiary/aromatic N) is 1. The molecule has 4 heteroatoms. The summed E-state index contributed by atoms with van der Waals surface area (Å²) in [6.45, 7) is 2.45. The standard InChI is InChI=1S/C16H19N3O/c1-12-10-18-8-7-14(12)11-19-16(20)15(17)9-13-5-3-2-4-6-13/h2-8,10,15H,9,11,17H2,1H3,(H,19,20)/t15-/m1/s1. The number of aryl methyl sites for hydroxylation is 1. The topological polar surface area (TPSA) is 68.0 Å². The average molecular weight is 269 g/mol. The fraction of sp³-hybridized carbons (Fsp3) is 0.250. The van der Waals surface area contributed by atoms with E-state index in [-0.39, 0.29) is 5.91 Å². The second-order valence-electron chi connectivity index (χ2n) is 4.82. The largest absolute Gasteiger partial charge is 0.351 e. The predicted octanol–water partition coefficient (Wildman–Crippen LogP) is 1.58. The third kappa shape index (κ3) is 3.90. The van der Waals surface area contributed by atoms with Crippen LogP contribution in [0.15, 0.2) is 48.8 Å². The Labute approximate surface area is 119 Å². The normalized spacial score (nSPS) is 11.9. The van der Waals surface area contributed by atoms with Crippen molar-refractivity contribution in [2.45, 2.75) is 25.9 Å². The van der Waals surface area contributed by atoms with E-state index >= 15 is 0 Å². The van der Waals surface area contributed by atoms with E-state index in [2.05, 4.69) is 10.3 Å². The Morgan fingerprint density at radius 3 is 2.75 bits per heavy atom. The number of carbonyl (C=O) groups is 1. The molecule has 0 saturated carbocycles. The molecular weight excluding hydrogens is 250 g/mol. The highest BCUT2D eigenvalue weighted by Crippen LogP contribution is 2.05. The molecule has 1 aromatic heterocycles. The van der Waals surface area contributed by atoms with Crippen molar-refractivity contribution in [2.75, 3.05) is 0 Å². The van der Waals surface area contributed by atoms with Crippen LogP contribution in [0.5, 0.6) is 0 Å². The smallest absolute Gasteiger partial charge is 0.237 e. The van der Waals surface area contributed by atoms with Gasteiger partial charge >= 0.3 is 0 Å². The summed E-state index contributed by atoms with van der Waals surface area (Å²) in [7, 11) is 0. The molecule has 2 aromatic rings. The van der Waals surface area contributed by atoms with Crippen LogP contribution >= 0.6 is 0 Å². The van der Waals surface area contributed by atoms with Crippen LogP contribution in [0.3, 0.4) is 0 Å². The lowest BCUT2D eigenvalue weighted by Crippen LogP contribution is -2.41. The Kier molecular flexibility index (Phi) is 4.85. The number of pyridine rings is 1. The molecule has 104 valence electrons. The number of hydrogen-bond donors (Lipinski definition) is 2. The lowest BCUT2D eigenvalue weighted by molar-refractivity contribution is -0.122. The molecule has 1 amide bonds. The van der Waals surface area contributed by atoms with E-state index in [9.17, 15) is 4.79 Å². The number of hydrogen-bond acceptors (Lipinski definition) is 3. The zero-order valence-electron chi connectivity index (χ0n) is 11.5. The number of rotatable bonds is 5. The Morgan fingerprint density at radius 2 is 2.05 bits per heavy atom. The van der Waals surface area contributed by atoms with Gasteiger partial charge in [0.15, 0.2) is 0 Å². The summed E-state index contributed by atoms with van der Waals surface area (Å²) in [4.78, 5) is 16.0. The van der Waals surface area contributed by atoms with Gasteiger partial charge in [0.25, 0.3) is 0 Å². The summed E-state index contributed by atoms with van der Waals surface area (Å²) < 4.78 is 0. The Bertz CT molecular complexity index is 569. The number of nitrogens with two attached hydrogens (primary N) is 1. The molecule has 4 nitrogen and oxygen atoms in total. The fourth-order valence-electron chi connectivity index (χ4n) is 1.97. The molecule has 20 heavy (non-hydrogen) atoms. The second kappa shape index (κ2) is 6.82. The minimum atomic E-state index is -0.528. The van der Waals surface area contributed by atoms with Gasteiger partial charge in [0, 0.05) is 18.9 Å². The van der Waals surface area contributed by atoms with Gasteiger partial charge in [0.2, 0.25) is 5.91 Å². The van der Waals surface area contributed by atoms with E-state index in [1.165, 1.54) is 0 Å². The zero-order valence-corrected chi connectivity index (χ0v) is 11.5. The van der Waals surface area contributed by atoms with Crippen molar-refractivity contribution >= 4 is 5.91 Å². The zero-order chi connectivity index (χ0) is 14.4. The first-order valence-electron chi connectivity index (χ1n) is 6.63. The summed E-state index contributed by atoms with van der Waals surface area (Å²) in [5, 5.41) is 2.87. The number of carbonyl (C=O) groups excluding carboxylic acids is 1. The lowest BCUT2D eigenvalue weighted by Gasteiger charge is -2.13. The van der Waals surface area contributed by atoms with Crippen LogP contribution in [0.25, 0.3) is 0 Å². The van der Waals surface area contributed by atoms with Gasteiger partial charge in [0.1, 0.15) is 0 Å². The van der Waals surface area contributed by atoms with Crippen LogP contribution in [-0.2, 0) is 17.8 Å². The molecule has 0 aliphatic rings. The molecule has 0 spiro atoms. The van der Waals surface area contributed by atoms with Gasteiger partial charge < -0.3 is 11.1 Å². The van der Waals surface area contributed by atoms with Crippen molar-refractivity contribution in [3.05, 3.63) is 65.5 Å². The van der Waals surface area contributed by atoms with Gasteiger partial charge in [-0.05, 0) is 36.1 Å². The molecule has 0 fully saturated rings. The van der Waals surface area contributed by atoms with Crippen LogP contribution in [0, 0.1) is 6.92 Å². The minimum absolute atomic E-state index is 0.134. The number of amides is 1. The number of nitrogens with one attached hydrogen (secondary N) is 1. The summed E-state index contributed by atoms with van der Waals surface area (Å²) >= 11 is 0. The first-order valence-corrected chi connectivity index (χ1v) is 6.63. The van der Waals surface area contributed by atoms with Crippen molar-refractivity contribution in [2.24, 2.45) is 5.73 Å². The van der Waals surface area contributed by atoms with E-state index in [1.807, 2.05) is 43.3 Å². The minimum Gasteiger partial charge on any atom is -0.351 e. The molecule has 1 heterocycles. The van der Waals surface area contributed by atoms with Gasteiger partial charge in [0.05, 0.1) is 6.04 Å². The summed E-state index contributed by atoms with van der Waals surface area (Å²) in [5.74, 6) is -0.134. The molecule has 2 rings (SSSR count). The Morgan fingerprint density at radius 1 is 1.30 bits per heavy atom. The quantitative estimate of drug-likeness (QED) is 0.866. The highest BCUT2D eigenvalue weighted by Gasteiger charge is 2.13. The molecule has 0 saturated heterocycles. The maximum absolute atomic E-state index is 12.0. The maximum Gasteiger partial charge on any atom is 0.237 e. The lowest BCUT2D eigenvalue weighted by atomic mass is 10.1. The van der Waals surface area contributed by atoms with Gasteiger partial charge in [-0.1, -0.05) is 30.3 Å². The van der Waals surface area contributed by atoms with Crippen LogP contribution in [-0.4, -0.2) is 16.9 Å². The molecule has 0 unspecified atom stereocenters. The first kappa shape index (κ1) is 14.2. The monoisotopic (exact) mass is 269 g/mol. The Balaban J connectivity index is 1.87. The highest BCUT2D eigenvalue weighted by molar-refractivity contribution is 5.81. The van der Waals surface area contributed by atoms with Gasteiger partial charge in [-0.3, -0.25) is 9.78 Å². The molecule has 0 bridgehead atoms. The van der Waals surface area contributed by atoms with Crippen LogP contribution in [0.2, 0.25) is 0 Å². The Hall–Kier alpha value is -2.20. The van der Waals surface area contributed by atoms with Gasteiger partial charge in [-0.15, -0.1) is 0 Å². The van der Waals surface area contributed by atoms with Crippen LogP contribution < -0.4 is 11.1 Å². The highest BCUT2D eigenvalue weighted by atomic mass is 16.2. The average Bonchev–Trinajstić information content (AvgIpc) is 2.47. The third-order valence-corrected chi connectivity index (χ3v) is 3.22. The maximum atomic E-state index is 12.0. The molecule has 0 aliphatic heterocycles. The molecule has 0 aliphatic carbocycles. The van der Waals surface area contributed by atoms with E-state index < -0.39 is 6.04 Å². The number of benzene rings is 1. The van der Waals surface area contributed by atoms with Crippen LogP contribution in [0.4, 0.5) is 0 Å². The van der Waals surface area contributed by atoms with Gasteiger partial charge in [-0.2, -0.15) is 0 Å². The van der Waals surface area contributed by atoms with Crippen molar-refractivity contribution in [3.63, 3.8) is 0 Å². The van der Waals surface area contributed by atoms with Crippen molar-refractivity contribution < 1.29 is 4.79 Å². The van der Waals surface area contributed by atoms with E-state index in [0.29, 0.717) is 13.0 Å². The summed E-state index contributed by atoms with van der Waals surface area (Å²) in [5.41, 5.74) is 9.11. The van der Waals surface area contributed by atoms with Crippen LogP contribution in [0.1, 0.15) is 16.7 Å². The van der Waals surface area contributed by atoms with Crippen molar-refractivity contribution in [3.8, 4) is 0 Å². The number of aromatic nitrogens is 1. The van der Waals surface area contributed by atoms with E-state index in [4.69, 9.17) is 5.73 Å². The molecule has 1 atom stereocenters.